The van der Waals surface area contributed by atoms with Gasteiger partial charge in [0.25, 0.3) is 0 Å². The number of hydrogen-bond donors (Lipinski definition) is 0. The summed E-state index contributed by atoms with van der Waals surface area (Å²) in [6, 6.07) is 15.4. The third kappa shape index (κ3) is 3.54. The minimum absolute atomic E-state index is 0.234. The van der Waals surface area contributed by atoms with Gasteiger partial charge in [0.2, 0.25) is 5.88 Å². The summed E-state index contributed by atoms with van der Waals surface area (Å²) in [5, 5.41) is 4.68. The smallest absolute Gasteiger partial charge is 0.345 e. The van der Waals surface area contributed by atoms with Crippen molar-refractivity contribution in [3.05, 3.63) is 76.5 Å². The van der Waals surface area contributed by atoms with Crippen molar-refractivity contribution in [2.45, 2.75) is 40.5 Å². The lowest BCUT2D eigenvalue weighted by Gasteiger charge is -2.11. The predicted octanol–water partition coefficient (Wildman–Crippen LogP) is 5.14. The fourth-order valence-electron chi connectivity index (χ4n) is 2.90. The fraction of sp³-hybridized carbons (Fsp3) is 0.273. The summed E-state index contributed by atoms with van der Waals surface area (Å²) in [4.78, 5) is 12.7. The Labute approximate surface area is 154 Å². The van der Waals surface area contributed by atoms with Crippen molar-refractivity contribution in [2.75, 3.05) is 0 Å². The van der Waals surface area contributed by atoms with Crippen molar-refractivity contribution in [1.82, 2.24) is 9.78 Å². The van der Waals surface area contributed by atoms with E-state index in [0.29, 0.717) is 11.4 Å². The topological polar surface area (TPSA) is 44.1 Å². The first-order chi connectivity index (χ1) is 12.4. The molecular weight excluding hydrogens is 324 g/mol. The summed E-state index contributed by atoms with van der Waals surface area (Å²) in [5.41, 5.74) is 5.51. The normalized spacial score (nSPS) is 11.0. The Balaban J connectivity index is 2.03. The zero-order valence-electron chi connectivity index (χ0n) is 15.9. The van der Waals surface area contributed by atoms with Crippen LogP contribution in [0.25, 0.3) is 5.69 Å². The van der Waals surface area contributed by atoms with Crippen LogP contribution in [0.3, 0.4) is 0 Å². The second kappa shape index (κ2) is 7.16. The maximum absolute atomic E-state index is 12.7. The van der Waals surface area contributed by atoms with Gasteiger partial charge in [-0.15, -0.1) is 0 Å². The molecule has 0 saturated carbocycles. The van der Waals surface area contributed by atoms with Gasteiger partial charge in [-0.25, -0.2) is 9.48 Å². The van der Waals surface area contributed by atoms with Gasteiger partial charge in [0.15, 0.2) is 0 Å². The molecule has 134 valence electrons. The first kappa shape index (κ1) is 17.9. The lowest BCUT2D eigenvalue weighted by molar-refractivity contribution is 0.0722. The SMILES string of the molecule is Cc1ccc(-n2nc(C(C)C)cc2OC(=O)c2ccccc2C)c(C)c1. The maximum atomic E-state index is 12.7. The van der Waals surface area contributed by atoms with E-state index in [1.54, 1.807) is 10.7 Å². The molecule has 4 nitrogen and oxygen atoms in total. The number of benzene rings is 2. The summed E-state index contributed by atoms with van der Waals surface area (Å²) in [6.45, 7) is 10.1. The molecule has 1 aromatic heterocycles. The van der Waals surface area contributed by atoms with Gasteiger partial charge in [0.05, 0.1) is 16.9 Å². The Kier molecular flexibility index (Phi) is 4.94. The standard InChI is InChI=1S/C22H24N2O2/c1-14(2)19-13-21(26-22(25)18-9-7-6-8-16(18)4)24(23-19)20-11-10-15(3)12-17(20)5/h6-14H,1-5H3. The Morgan fingerprint density at radius 3 is 2.38 bits per heavy atom. The van der Waals surface area contributed by atoms with Gasteiger partial charge in [-0.1, -0.05) is 49.7 Å². The van der Waals surface area contributed by atoms with Crippen LogP contribution < -0.4 is 4.74 Å². The van der Waals surface area contributed by atoms with Gasteiger partial charge in [-0.3, -0.25) is 0 Å². The van der Waals surface area contributed by atoms with Crippen LogP contribution in [0.2, 0.25) is 0 Å². The molecule has 0 radical (unpaired) electrons. The van der Waals surface area contributed by atoms with E-state index < -0.39 is 0 Å². The number of carbonyl (C=O) groups excluding carboxylic acids is 1. The average molecular weight is 348 g/mol. The summed E-state index contributed by atoms with van der Waals surface area (Å²) >= 11 is 0. The molecule has 0 aliphatic heterocycles. The minimum Gasteiger partial charge on any atom is -0.404 e. The lowest BCUT2D eigenvalue weighted by atomic mass is 10.1. The van der Waals surface area contributed by atoms with Crippen molar-refractivity contribution in [2.24, 2.45) is 0 Å². The number of carbonyl (C=O) groups is 1. The van der Waals surface area contributed by atoms with Crippen LogP contribution in [0, 0.1) is 20.8 Å². The number of hydrogen-bond acceptors (Lipinski definition) is 3. The molecule has 3 rings (SSSR count). The number of esters is 1. The molecule has 3 aromatic rings. The molecule has 2 aromatic carbocycles. The van der Waals surface area contributed by atoms with E-state index in [9.17, 15) is 4.79 Å². The molecular formula is C22H24N2O2. The molecule has 0 spiro atoms. The number of aromatic nitrogens is 2. The molecule has 0 fully saturated rings. The van der Waals surface area contributed by atoms with E-state index in [0.717, 1.165) is 22.5 Å². The highest BCUT2D eigenvalue weighted by molar-refractivity contribution is 5.92. The van der Waals surface area contributed by atoms with Crippen molar-refractivity contribution in [3.63, 3.8) is 0 Å². The van der Waals surface area contributed by atoms with Crippen LogP contribution in [0.15, 0.2) is 48.5 Å². The first-order valence-corrected chi connectivity index (χ1v) is 8.82. The average Bonchev–Trinajstić information content (AvgIpc) is 2.99. The molecule has 1 heterocycles. The van der Waals surface area contributed by atoms with Crippen LogP contribution in [0.5, 0.6) is 5.88 Å². The van der Waals surface area contributed by atoms with E-state index >= 15 is 0 Å². The molecule has 0 atom stereocenters. The minimum atomic E-state index is -0.371. The molecule has 0 aliphatic carbocycles. The third-order valence-corrected chi connectivity index (χ3v) is 4.43. The monoisotopic (exact) mass is 348 g/mol. The number of rotatable bonds is 4. The number of ether oxygens (including phenoxy) is 1. The van der Waals surface area contributed by atoms with Crippen LogP contribution in [0.4, 0.5) is 0 Å². The highest BCUT2D eigenvalue weighted by Crippen LogP contribution is 2.27. The second-order valence-corrected chi connectivity index (χ2v) is 6.97. The van der Waals surface area contributed by atoms with E-state index in [4.69, 9.17) is 4.74 Å². The highest BCUT2D eigenvalue weighted by Gasteiger charge is 2.19. The predicted molar refractivity (Wildman–Crippen MR) is 103 cm³/mol. The number of aryl methyl sites for hydroxylation is 3. The Hall–Kier alpha value is -2.88. The second-order valence-electron chi connectivity index (χ2n) is 6.97. The fourth-order valence-corrected chi connectivity index (χ4v) is 2.90. The lowest BCUT2D eigenvalue weighted by Crippen LogP contribution is -2.13. The molecule has 26 heavy (non-hydrogen) atoms. The van der Waals surface area contributed by atoms with Crippen LogP contribution in [-0.2, 0) is 0 Å². The molecule has 0 unspecified atom stereocenters. The Morgan fingerprint density at radius 2 is 1.73 bits per heavy atom. The quantitative estimate of drug-likeness (QED) is 0.613. The zero-order valence-corrected chi connectivity index (χ0v) is 15.9. The Morgan fingerprint density at radius 1 is 1.00 bits per heavy atom. The summed E-state index contributed by atoms with van der Waals surface area (Å²) in [7, 11) is 0. The molecule has 0 amide bonds. The number of nitrogens with zero attached hydrogens (tertiary/aromatic N) is 2. The van der Waals surface area contributed by atoms with Gasteiger partial charge < -0.3 is 4.74 Å². The first-order valence-electron chi connectivity index (χ1n) is 8.82. The van der Waals surface area contributed by atoms with E-state index in [2.05, 4.69) is 31.9 Å². The largest absolute Gasteiger partial charge is 0.404 e. The van der Waals surface area contributed by atoms with Gasteiger partial charge in [-0.05, 0) is 49.9 Å². The molecule has 0 N–H and O–H groups in total. The van der Waals surface area contributed by atoms with Crippen molar-refractivity contribution in [1.29, 1.82) is 0 Å². The highest BCUT2D eigenvalue weighted by atomic mass is 16.5. The van der Waals surface area contributed by atoms with Crippen molar-refractivity contribution >= 4 is 5.97 Å². The molecule has 0 saturated heterocycles. The summed E-state index contributed by atoms with van der Waals surface area (Å²) < 4.78 is 7.47. The summed E-state index contributed by atoms with van der Waals surface area (Å²) in [6.07, 6.45) is 0. The van der Waals surface area contributed by atoms with Gasteiger partial charge in [0.1, 0.15) is 0 Å². The van der Waals surface area contributed by atoms with Crippen LogP contribution in [-0.4, -0.2) is 15.7 Å². The summed E-state index contributed by atoms with van der Waals surface area (Å²) in [5.74, 6) is 0.302. The van der Waals surface area contributed by atoms with Gasteiger partial charge >= 0.3 is 5.97 Å². The van der Waals surface area contributed by atoms with Gasteiger partial charge in [0, 0.05) is 6.07 Å². The van der Waals surface area contributed by atoms with E-state index in [1.807, 2.05) is 50.2 Å². The molecule has 0 aliphatic rings. The van der Waals surface area contributed by atoms with E-state index in [-0.39, 0.29) is 11.9 Å². The van der Waals surface area contributed by atoms with E-state index in [1.165, 1.54) is 5.56 Å². The zero-order chi connectivity index (χ0) is 18.8. The Bertz CT molecular complexity index is 955. The van der Waals surface area contributed by atoms with Crippen molar-refractivity contribution < 1.29 is 9.53 Å². The van der Waals surface area contributed by atoms with Gasteiger partial charge in [-0.2, -0.15) is 5.10 Å². The molecule has 0 bridgehead atoms. The van der Waals surface area contributed by atoms with Crippen molar-refractivity contribution in [3.8, 4) is 11.6 Å². The maximum Gasteiger partial charge on any atom is 0.345 e. The van der Waals surface area contributed by atoms with Crippen LogP contribution >= 0.6 is 0 Å². The molecule has 4 heteroatoms. The third-order valence-electron chi connectivity index (χ3n) is 4.43. The van der Waals surface area contributed by atoms with Crippen LogP contribution in [0.1, 0.15) is 52.5 Å².